The van der Waals surface area contributed by atoms with Crippen molar-refractivity contribution >= 4 is 34.6 Å². The zero-order valence-electron chi connectivity index (χ0n) is 18.7. The Balaban J connectivity index is 1.55. The lowest BCUT2D eigenvalue weighted by molar-refractivity contribution is -0.118. The molecule has 4 rings (SSSR count). The van der Waals surface area contributed by atoms with E-state index in [2.05, 4.69) is 22.4 Å². The molecule has 0 saturated carbocycles. The van der Waals surface area contributed by atoms with Crippen LogP contribution in [-0.2, 0) is 4.79 Å². The van der Waals surface area contributed by atoms with Crippen molar-refractivity contribution in [1.82, 2.24) is 4.98 Å². The van der Waals surface area contributed by atoms with Crippen molar-refractivity contribution in [3.8, 4) is 17.9 Å². The Morgan fingerprint density at radius 1 is 1.09 bits per heavy atom. The third kappa shape index (κ3) is 4.23. The van der Waals surface area contributed by atoms with E-state index in [1.165, 1.54) is 0 Å². The van der Waals surface area contributed by atoms with Gasteiger partial charge in [0.15, 0.2) is 6.61 Å². The minimum Gasteiger partial charge on any atom is -0.484 e. The summed E-state index contributed by atoms with van der Waals surface area (Å²) < 4.78 is 5.59. The first-order valence-electron chi connectivity index (χ1n) is 10.5. The van der Waals surface area contributed by atoms with Crippen molar-refractivity contribution < 1.29 is 9.53 Å². The lowest BCUT2D eigenvalue weighted by atomic mass is 9.95. The van der Waals surface area contributed by atoms with E-state index < -0.39 is 0 Å². The number of para-hydroxylation sites is 1. The minimum absolute atomic E-state index is 0.112. The number of hydrogen-bond acceptors (Lipinski definition) is 6. The zero-order valence-corrected chi connectivity index (χ0v) is 18.7. The van der Waals surface area contributed by atoms with E-state index in [1.807, 2.05) is 50.3 Å². The maximum atomic E-state index is 12.1. The van der Waals surface area contributed by atoms with Gasteiger partial charge in [-0.3, -0.25) is 4.79 Å². The number of fused-ring (bicyclic) bond motifs is 1. The van der Waals surface area contributed by atoms with Crippen LogP contribution in [0, 0.1) is 29.6 Å². The number of nitrogens with two attached hydrogens (primary N) is 1. The molecule has 3 aromatic rings. The molecule has 166 valence electrons. The van der Waals surface area contributed by atoms with E-state index in [0.717, 1.165) is 22.3 Å². The number of allylic oxidation sites excluding steroid dienone is 3. The molecule has 0 atom stereocenters. The number of rotatable bonds is 5. The van der Waals surface area contributed by atoms with Crippen LogP contribution in [0.3, 0.4) is 0 Å². The van der Waals surface area contributed by atoms with Crippen LogP contribution in [0.2, 0.25) is 0 Å². The normalized spacial score (nSPS) is 13.2. The molecule has 0 fully saturated rings. The van der Waals surface area contributed by atoms with Crippen molar-refractivity contribution in [2.75, 3.05) is 17.7 Å². The molecule has 1 amide bonds. The number of nitriles is 2. The van der Waals surface area contributed by atoms with Gasteiger partial charge >= 0.3 is 0 Å². The van der Waals surface area contributed by atoms with Gasteiger partial charge in [-0.1, -0.05) is 30.3 Å². The molecule has 1 aliphatic rings. The molecule has 0 unspecified atom stereocenters. The summed E-state index contributed by atoms with van der Waals surface area (Å²) in [7, 11) is 0. The van der Waals surface area contributed by atoms with E-state index in [0.29, 0.717) is 33.8 Å². The second-order valence-corrected chi connectivity index (χ2v) is 7.77. The van der Waals surface area contributed by atoms with Crippen LogP contribution < -0.4 is 15.8 Å². The van der Waals surface area contributed by atoms with Gasteiger partial charge in [0.2, 0.25) is 0 Å². The summed E-state index contributed by atoms with van der Waals surface area (Å²) in [5.41, 5.74) is 11.8. The Morgan fingerprint density at radius 3 is 2.44 bits per heavy atom. The van der Waals surface area contributed by atoms with E-state index >= 15 is 0 Å². The average molecular weight is 447 g/mol. The highest BCUT2D eigenvalue weighted by atomic mass is 16.5. The van der Waals surface area contributed by atoms with Crippen LogP contribution in [0.4, 0.5) is 11.5 Å². The van der Waals surface area contributed by atoms with Gasteiger partial charge in [0.05, 0.1) is 16.8 Å². The van der Waals surface area contributed by atoms with E-state index in [4.69, 9.17) is 10.5 Å². The Morgan fingerprint density at radius 2 is 1.79 bits per heavy atom. The number of amides is 1. The molecule has 0 aliphatic heterocycles. The van der Waals surface area contributed by atoms with Crippen LogP contribution in [0.1, 0.15) is 34.9 Å². The summed E-state index contributed by atoms with van der Waals surface area (Å²) >= 11 is 0. The topological polar surface area (TPSA) is 125 Å². The van der Waals surface area contributed by atoms with E-state index in [9.17, 15) is 15.3 Å². The molecule has 1 aliphatic carbocycles. The maximum absolute atomic E-state index is 12.1. The molecule has 34 heavy (non-hydrogen) atoms. The first-order valence-corrected chi connectivity index (χ1v) is 10.5. The summed E-state index contributed by atoms with van der Waals surface area (Å²) in [6.45, 7) is 3.56. The molecule has 1 aromatic heterocycles. The molecular weight excluding hydrogens is 426 g/mol. The highest BCUT2D eigenvalue weighted by molar-refractivity contribution is 6.08. The minimum atomic E-state index is -0.250. The predicted molar refractivity (Wildman–Crippen MR) is 131 cm³/mol. The lowest BCUT2D eigenvalue weighted by Crippen LogP contribution is -2.20. The number of aromatic nitrogens is 1. The summed E-state index contributed by atoms with van der Waals surface area (Å²) in [6, 6.07) is 20.8. The number of anilines is 2. The average Bonchev–Trinajstić information content (AvgIpc) is 3.09. The Hall–Kier alpha value is -4.88. The van der Waals surface area contributed by atoms with E-state index in [1.54, 1.807) is 24.3 Å². The van der Waals surface area contributed by atoms with Gasteiger partial charge in [-0.15, -0.1) is 0 Å². The number of benzene rings is 2. The molecule has 0 bridgehead atoms. The van der Waals surface area contributed by atoms with Crippen molar-refractivity contribution in [3.63, 3.8) is 0 Å². The second-order valence-electron chi connectivity index (χ2n) is 7.77. The third-order valence-corrected chi connectivity index (χ3v) is 5.60. The van der Waals surface area contributed by atoms with Crippen LogP contribution in [0.25, 0.3) is 17.2 Å². The maximum Gasteiger partial charge on any atom is 0.262 e. The fourth-order valence-corrected chi connectivity index (χ4v) is 3.89. The molecule has 0 spiro atoms. The fraction of sp³-hybridized carbons (Fsp3) is 0.111. The van der Waals surface area contributed by atoms with Crippen LogP contribution in [0.5, 0.6) is 5.75 Å². The van der Waals surface area contributed by atoms with Crippen LogP contribution >= 0.6 is 0 Å². The SMILES string of the molecule is CC1=C(C#N)c2nc(N)c(C#N)c(C)c2/C1=C\c1ccc(OCC(=O)Nc2ccccc2)cc1. The molecule has 0 saturated heterocycles. The summed E-state index contributed by atoms with van der Waals surface area (Å²) in [6.07, 6.45) is 1.94. The summed E-state index contributed by atoms with van der Waals surface area (Å²) in [5.74, 6) is 0.429. The number of hydrogen-bond donors (Lipinski definition) is 2. The molecule has 0 radical (unpaired) electrons. The van der Waals surface area contributed by atoms with Gasteiger partial charge in [-0.05, 0) is 66.5 Å². The van der Waals surface area contributed by atoms with Gasteiger partial charge in [0.25, 0.3) is 5.91 Å². The number of pyridine rings is 1. The van der Waals surface area contributed by atoms with Gasteiger partial charge < -0.3 is 15.8 Å². The van der Waals surface area contributed by atoms with Crippen molar-refractivity contribution in [2.45, 2.75) is 13.8 Å². The molecule has 2 aromatic carbocycles. The smallest absolute Gasteiger partial charge is 0.262 e. The highest BCUT2D eigenvalue weighted by Crippen LogP contribution is 2.44. The van der Waals surface area contributed by atoms with Crippen LogP contribution in [0.15, 0.2) is 60.2 Å². The number of nitrogen functional groups attached to an aromatic ring is 1. The number of carbonyl (C=O) groups excluding carboxylic acids is 1. The van der Waals surface area contributed by atoms with E-state index in [-0.39, 0.29) is 18.3 Å². The summed E-state index contributed by atoms with van der Waals surface area (Å²) in [5, 5.41) is 21.9. The van der Waals surface area contributed by atoms with Crippen molar-refractivity contribution in [2.24, 2.45) is 0 Å². The number of nitrogens with zero attached hydrogens (tertiary/aromatic N) is 3. The molecule has 1 heterocycles. The highest BCUT2D eigenvalue weighted by Gasteiger charge is 2.29. The second kappa shape index (κ2) is 9.32. The van der Waals surface area contributed by atoms with Gasteiger partial charge in [-0.25, -0.2) is 4.98 Å². The fourth-order valence-electron chi connectivity index (χ4n) is 3.89. The lowest BCUT2D eigenvalue weighted by Gasteiger charge is -2.11. The number of carbonyl (C=O) groups is 1. The van der Waals surface area contributed by atoms with Gasteiger partial charge in [0.1, 0.15) is 23.7 Å². The first-order chi connectivity index (χ1) is 16.4. The van der Waals surface area contributed by atoms with Gasteiger partial charge in [-0.2, -0.15) is 10.5 Å². The van der Waals surface area contributed by atoms with Crippen LogP contribution in [-0.4, -0.2) is 17.5 Å². The molecule has 7 heteroatoms. The Kier molecular flexibility index (Phi) is 6.11. The molecule has 3 N–H and O–H groups in total. The predicted octanol–water partition coefficient (Wildman–Crippen LogP) is 4.71. The molecular formula is C27H21N5O2. The largest absolute Gasteiger partial charge is 0.484 e. The third-order valence-electron chi connectivity index (χ3n) is 5.60. The number of nitrogens with one attached hydrogen (secondary N) is 1. The quantitative estimate of drug-likeness (QED) is 0.583. The van der Waals surface area contributed by atoms with Crippen molar-refractivity contribution in [1.29, 1.82) is 10.5 Å². The van der Waals surface area contributed by atoms with Crippen molar-refractivity contribution in [3.05, 3.63) is 88.1 Å². The zero-order chi connectivity index (χ0) is 24.2. The number of ether oxygens (including phenoxy) is 1. The standard InChI is InChI=1S/C27H21N5O2/c1-16-21(25-17(2)23(14-29)27(30)32-26(25)22(16)13-28)12-18-8-10-20(11-9-18)34-15-24(33)31-19-6-4-3-5-7-19/h3-12H,15H2,1-2H3,(H2,30,32)(H,31,33)/b21-12-. The first kappa shape index (κ1) is 22.3. The molecule has 7 nitrogen and oxygen atoms in total. The van der Waals surface area contributed by atoms with Gasteiger partial charge in [0, 0.05) is 11.3 Å². The monoisotopic (exact) mass is 447 g/mol. The summed E-state index contributed by atoms with van der Waals surface area (Å²) in [4.78, 5) is 16.4. The Bertz CT molecular complexity index is 1420. The Labute approximate surface area is 197 Å².